The zero-order valence-corrected chi connectivity index (χ0v) is 16.6. The molecule has 30 heavy (non-hydrogen) atoms. The van der Waals surface area contributed by atoms with Gasteiger partial charge in [0.05, 0.1) is 0 Å². The minimum absolute atomic E-state index is 0.181. The topological polar surface area (TPSA) is 22.1 Å². The number of fused-ring (bicyclic) bond motifs is 2. The van der Waals surface area contributed by atoms with E-state index in [-0.39, 0.29) is 11.9 Å². The Bertz CT molecular complexity index is 1240. The van der Waals surface area contributed by atoms with E-state index in [4.69, 9.17) is 4.74 Å². The van der Waals surface area contributed by atoms with Crippen molar-refractivity contribution in [3.63, 3.8) is 0 Å². The molecule has 1 saturated carbocycles. The molecule has 0 bridgehead atoms. The normalized spacial score (nSPS) is 17.8. The van der Waals surface area contributed by atoms with Crippen molar-refractivity contribution in [1.82, 2.24) is 4.98 Å². The summed E-state index contributed by atoms with van der Waals surface area (Å²) in [4.78, 5) is 4.43. The fourth-order valence-electron chi connectivity index (χ4n) is 4.77. The molecule has 4 aromatic rings. The van der Waals surface area contributed by atoms with E-state index in [2.05, 4.69) is 29.2 Å². The van der Waals surface area contributed by atoms with Gasteiger partial charge in [-0.15, -0.1) is 0 Å². The SMILES string of the molecule is Fc1ccc(-c2cncc3ccccc23)c2c1C(Oc1ccc(C3CC3)cc1)CC2. The first-order valence-electron chi connectivity index (χ1n) is 10.7. The van der Waals surface area contributed by atoms with Crippen LogP contribution in [0.15, 0.2) is 73.1 Å². The van der Waals surface area contributed by atoms with Crippen LogP contribution in [0.3, 0.4) is 0 Å². The summed E-state index contributed by atoms with van der Waals surface area (Å²) in [7, 11) is 0. The number of rotatable bonds is 4. The first kappa shape index (κ1) is 17.6. The van der Waals surface area contributed by atoms with Crippen LogP contribution in [0.1, 0.15) is 48.0 Å². The van der Waals surface area contributed by atoms with Gasteiger partial charge in [0.2, 0.25) is 0 Å². The Kier molecular flexibility index (Phi) is 4.08. The highest BCUT2D eigenvalue weighted by Gasteiger charge is 2.31. The Morgan fingerprint density at radius 3 is 2.50 bits per heavy atom. The molecule has 0 spiro atoms. The van der Waals surface area contributed by atoms with Crippen LogP contribution in [0.5, 0.6) is 5.75 Å². The molecule has 148 valence electrons. The van der Waals surface area contributed by atoms with Crippen molar-refractivity contribution >= 4 is 10.8 Å². The molecule has 6 rings (SSSR count). The first-order chi connectivity index (χ1) is 14.8. The average Bonchev–Trinajstić information content (AvgIpc) is 3.55. The minimum atomic E-state index is -0.255. The van der Waals surface area contributed by atoms with Gasteiger partial charge in [0.15, 0.2) is 0 Å². The number of aromatic nitrogens is 1. The largest absolute Gasteiger partial charge is 0.486 e. The second-order valence-corrected chi connectivity index (χ2v) is 8.38. The van der Waals surface area contributed by atoms with Gasteiger partial charge in [-0.1, -0.05) is 42.5 Å². The van der Waals surface area contributed by atoms with Crippen LogP contribution in [0.25, 0.3) is 21.9 Å². The predicted molar refractivity (Wildman–Crippen MR) is 117 cm³/mol. The molecule has 3 aromatic carbocycles. The maximum atomic E-state index is 14.9. The van der Waals surface area contributed by atoms with Gasteiger partial charge in [0.25, 0.3) is 0 Å². The van der Waals surface area contributed by atoms with Crippen LogP contribution in [-0.4, -0.2) is 4.98 Å². The molecule has 2 aliphatic carbocycles. The lowest BCUT2D eigenvalue weighted by Gasteiger charge is -2.17. The summed E-state index contributed by atoms with van der Waals surface area (Å²) in [5, 5.41) is 2.23. The van der Waals surface area contributed by atoms with Crippen LogP contribution >= 0.6 is 0 Å². The van der Waals surface area contributed by atoms with Gasteiger partial charge in [0, 0.05) is 28.9 Å². The highest BCUT2D eigenvalue weighted by molar-refractivity contribution is 5.96. The summed E-state index contributed by atoms with van der Waals surface area (Å²) < 4.78 is 21.2. The average molecular weight is 395 g/mol. The maximum Gasteiger partial charge on any atom is 0.130 e. The van der Waals surface area contributed by atoms with E-state index in [0.29, 0.717) is 5.56 Å². The monoisotopic (exact) mass is 395 g/mol. The summed E-state index contributed by atoms with van der Waals surface area (Å²) in [5.41, 5.74) is 5.25. The number of benzene rings is 3. The second-order valence-electron chi connectivity index (χ2n) is 8.38. The van der Waals surface area contributed by atoms with Gasteiger partial charge in [-0.2, -0.15) is 0 Å². The van der Waals surface area contributed by atoms with Crippen LogP contribution < -0.4 is 4.74 Å². The van der Waals surface area contributed by atoms with E-state index in [0.717, 1.165) is 52.0 Å². The second kappa shape index (κ2) is 6.94. The highest BCUT2D eigenvalue weighted by atomic mass is 19.1. The summed E-state index contributed by atoms with van der Waals surface area (Å²) in [6.07, 6.45) is 7.66. The summed E-state index contributed by atoms with van der Waals surface area (Å²) in [6, 6.07) is 20.0. The number of nitrogens with zero attached hydrogens (tertiary/aromatic N) is 1. The summed E-state index contributed by atoms with van der Waals surface area (Å²) in [6.45, 7) is 0. The molecule has 2 nitrogen and oxygen atoms in total. The number of hydrogen-bond donors (Lipinski definition) is 0. The van der Waals surface area contributed by atoms with Gasteiger partial charge in [-0.3, -0.25) is 4.98 Å². The molecule has 2 aliphatic rings. The third-order valence-corrected chi connectivity index (χ3v) is 6.45. The lowest BCUT2D eigenvalue weighted by molar-refractivity contribution is 0.203. The summed E-state index contributed by atoms with van der Waals surface area (Å²) >= 11 is 0. The van der Waals surface area contributed by atoms with E-state index in [9.17, 15) is 4.39 Å². The standard InChI is InChI=1S/C27H22FNO/c28-25-13-11-22(24-16-29-15-19-3-1-2-4-21(19)24)23-12-14-26(27(23)25)30-20-9-7-18(8-10-20)17-5-6-17/h1-4,7-11,13,15-17,26H,5-6,12,14H2. The third kappa shape index (κ3) is 2.97. The zero-order chi connectivity index (χ0) is 20.1. The fourth-order valence-corrected chi connectivity index (χ4v) is 4.77. The Hall–Kier alpha value is -3.20. The smallest absolute Gasteiger partial charge is 0.130 e. The van der Waals surface area contributed by atoms with Crippen molar-refractivity contribution in [3.8, 4) is 16.9 Å². The van der Waals surface area contributed by atoms with Crippen molar-refractivity contribution in [2.24, 2.45) is 0 Å². The molecule has 0 radical (unpaired) electrons. The summed E-state index contributed by atoms with van der Waals surface area (Å²) in [5.74, 6) is 1.36. The van der Waals surface area contributed by atoms with Gasteiger partial charge in [0.1, 0.15) is 17.7 Å². The minimum Gasteiger partial charge on any atom is -0.486 e. The molecule has 1 atom stereocenters. The van der Waals surface area contributed by atoms with Gasteiger partial charge >= 0.3 is 0 Å². The molecule has 0 N–H and O–H groups in total. The van der Waals surface area contributed by atoms with Crippen molar-refractivity contribution in [3.05, 3.63) is 95.6 Å². The van der Waals surface area contributed by atoms with E-state index in [1.54, 1.807) is 6.07 Å². The molecular weight excluding hydrogens is 373 g/mol. The van der Waals surface area contributed by atoms with E-state index >= 15 is 0 Å². The molecule has 0 saturated heterocycles. The Balaban J connectivity index is 1.38. The molecule has 3 heteroatoms. The molecule has 1 aromatic heterocycles. The number of ether oxygens (including phenoxy) is 1. The van der Waals surface area contributed by atoms with E-state index < -0.39 is 0 Å². The predicted octanol–water partition coefficient (Wildman–Crippen LogP) is 6.98. The van der Waals surface area contributed by atoms with Crippen molar-refractivity contribution in [2.75, 3.05) is 0 Å². The molecule has 1 unspecified atom stereocenters. The zero-order valence-electron chi connectivity index (χ0n) is 16.6. The molecular formula is C27H22FNO. The van der Waals surface area contributed by atoms with E-state index in [1.165, 1.54) is 18.4 Å². The molecule has 0 aliphatic heterocycles. The number of halogens is 1. The van der Waals surface area contributed by atoms with Crippen molar-refractivity contribution < 1.29 is 9.13 Å². The van der Waals surface area contributed by atoms with Crippen molar-refractivity contribution in [1.29, 1.82) is 0 Å². The van der Waals surface area contributed by atoms with Crippen LogP contribution in [0.2, 0.25) is 0 Å². The van der Waals surface area contributed by atoms with Gasteiger partial charge < -0.3 is 4.74 Å². The molecule has 1 fully saturated rings. The Morgan fingerprint density at radius 2 is 1.67 bits per heavy atom. The molecule has 1 heterocycles. The Morgan fingerprint density at radius 1 is 0.833 bits per heavy atom. The van der Waals surface area contributed by atoms with Crippen LogP contribution in [-0.2, 0) is 6.42 Å². The number of hydrogen-bond acceptors (Lipinski definition) is 2. The quantitative estimate of drug-likeness (QED) is 0.372. The van der Waals surface area contributed by atoms with Gasteiger partial charge in [-0.05, 0) is 71.9 Å². The highest BCUT2D eigenvalue weighted by Crippen LogP contribution is 2.44. The first-order valence-corrected chi connectivity index (χ1v) is 10.7. The third-order valence-electron chi connectivity index (χ3n) is 6.45. The lowest BCUT2D eigenvalue weighted by Crippen LogP contribution is -2.06. The van der Waals surface area contributed by atoms with Gasteiger partial charge in [-0.25, -0.2) is 4.39 Å². The lowest BCUT2D eigenvalue weighted by atomic mass is 9.94. The Labute approximate surface area is 175 Å². The maximum absolute atomic E-state index is 14.9. The number of pyridine rings is 1. The van der Waals surface area contributed by atoms with E-state index in [1.807, 2.05) is 42.7 Å². The van der Waals surface area contributed by atoms with Crippen molar-refractivity contribution in [2.45, 2.75) is 37.7 Å². The van der Waals surface area contributed by atoms with Crippen LogP contribution in [0, 0.1) is 5.82 Å². The fraction of sp³-hybridized carbons (Fsp3) is 0.222. The van der Waals surface area contributed by atoms with Crippen LogP contribution in [0.4, 0.5) is 4.39 Å². The molecule has 0 amide bonds.